The van der Waals surface area contributed by atoms with Crippen molar-refractivity contribution in [3.05, 3.63) is 29.8 Å². The van der Waals surface area contributed by atoms with E-state index < -0.39 is 0 Å². The Morgan fingerprint density at radius 3 is 2.48 bits per heavy atom. The van der Waals surface area contributed by atoms with Crippen LogP contribution in [0.2, 0.25) is 0 Å². The van der Waals surface area contributed by atoms with Gasteiger partial charge in [-0.1, -0.05) is 12.1 Å². The minimum atomic E-state index is -0.385. The van der Waals surface area contributed by atoms with E-state index in [4.69, 9.17) is 0 Å². The van der Waals surface area contributed by atoms with Crippen molar-refractivity contribution < 1.29 is 14.3 Å². The first kappa shape index (κ1) is 19.1. The Morgan fingerprint density at radius 1 is 1.28 bits per heavy atom. The minimum Gasteiger partial charge on any atom is -0.453 e. The Morgan fingerprint density at radius 2 is 1.92 bits per heavy atom. The first-order valence-corrected chi connectivity index (χ1v) is 8.97. The molecule has 1 fully saturated rings. The number of nitrogens with one attached hydrogen (secondary N) is 1. The van der Waals surface area contributed by atoms with Crippen LogP contribution in [0.3, 0.4) is 0 Å². The number of piperidine rings is 1. The molecule has 6 nitrogen and oxygen atoms in total. The molecule has 0 unspecified atom stereocenters. The first-order valence-electron chi connectivity index (χ1n) is 8.97. The van der Waals surface area contributed by atoms with Crippen molar-refractivity contribution in [2.75, 3.05) is 31.6 Å². The van der Waals surface area contributed by atoms with Gasteiger partial charge in [-0.15, -0.1) is 0 Å². The highest BCUT2D eigenvalue weighted by Crippen LogP contribution is 2.26. The van der Waals surface area contributed by atoms with Crippen LogP contribution in [0.1, 0.15) is 44.0 Å². The summed E-state index contributed by atoms with van der Waals surface area (Å²) in [5.41, 5.74) is 1.72. The summed E-state index contributed by atoms with van der Waals surface area (Å²) in [6.45, 7) is 8.36. The first-order chi connectivity index (χ1) is 12.0. The van der Waals surface area contributed by atoms with Crippen molar-refractivity contribution in [1.82, 2.24) is 10.2 Å². The molecule has 0 bridgehead atoms. The summed E-state index contributed by atoms with van der Waals surface area (Å²) in [5, 5.41) is 2.86. The molecule has 1 heterocycles. The molecule has 0 atom stereocenters. The molecule has 0 radical (unpaired) electrons. The molecule has 0 aromatic heterocycles. The van der Waals surface area contributed by atoms with Crippen LogP contribution >= 0.6 is 0 Å². The maximum absolute atomic E-state index is 13.0. The van der Waals surface area contributed by atoms with Gasteiger partial charge in [-0.05, 0) is 45.7 Å². The number of carbonyl (C=O) groups is 2. The van der Waals surface area contributed by atoms with Crippen molar-refractivity contribution in [2.24, 2.45) is 0 Å². The average Bonchev–Trinajstić information content (AvgIpc) is 2.62. The second-order valence-corrected chi connectivity index (χ2v) is 6.60. The molecule has 1 saturated heterocycles. The number of alkyl carbamates (subject to hydrolysis) is 1. The predicted octanol–water partition coefficient (Wildman–Crippen LogP) is 2.88. The summed E-state index contributed by atoms with van der Waals surface area (Å²) in [6.07, 6.45) is 1.28. The molecule has 1 aliphatic heterocycles. The Bertz CT molecular complexity index is 595. The fourth-order valence-electron chi connectivity index (χ4n) is 3.32. The normalized spacial score (nSPS) is 15.2. The summed E-state index contributed by atoms with van der Waals surface area (Å²) in [4.78, 5) is 28.4. The quantitative estimate of drug-likeness (QED) is 0.890. The minimum absolute atomic E-state index is 0.0721. The number of methoxy groups -OCH3 is 1. The monoisotopic (exact) mass is 347 g/mol. The maximum atomic E-state index is 13.0. The SMILES string of the molecule is CCN(C(=O)c1ccccc1N1CCC(NC(=O)OC)CC1)C(C)C. The number of nitrogens with zero attached hydrogens (tertiary/aromatic N) is 2. The fraction of sp³-hybridized carbons (Fsp3) is 0.579. The molecule has 1 aromatic carbocycles. The van der Waals surface area contributed by atoms with Crippen LogP contribution in [0.4, 0.5) is 10.5 Å². The molecule has 0 aliphatic carbocycles. The van der Waals surface area contributed by atoms with Gasteiger partial charge in [0.25, 0.3) is 5.91 Å². The lowest BCUT2D eigenvalue weighted by Crippen LogP contribution is -2.45. The summed E-state index contributed by atoms with van der Waals surface area (Å²) < 4.78 is 4.66. The van der Waals surface area contributed by atoms with E-state index in [2.05, 4.69) is 15.0 Å². The molecular weight excluding hydrogens is 318 g/mol. The zero-order valence-electron chi connectivity index (χ0n) is 15.6. The topological polar surface area (TPSA) is 61.9 Å². The van der Waals surface area contributed by atoms with Crippen LogP contribution in [0, 0.1) is 0 Å². The number of carbonyl (C=O) groups excluding carboxylic acids is 2. The Kier molecular flexibility index (Phi) is 6.67. The van der Waals surface area contributed by atoms with Crippen molar-refractivity contribution >= 4 is 17.7 Å². The summed E-state index contributed by atoms with van der Waals surface area (Å²) in [5.74, 6) is 0.0721. The Labute approximate surface area is 150 Å². The van der Waals surface area contributed by atoms with Gasteiger partial charge in [-0.3, -0.25) is 4.79 Å². The van der Waals surface area contributed by atoms with Gasteiger partial charge in [0.05, 0.1) is 12.7 Å². The van der Waals surface area contributed by atoms with Gasteiger partial charge in [0.2, 0.25) is 0 Å². The molecule has 0 spiro atoms. The van der Waals surface area contributed by atoms with E-state index in [1.54, 1.807) is 0 Å². The zero-order chi connectivity index (χ0) is 18.4. The highest BCUT2D eigenvalue weighted by atomic mass is 16.5. The number of anilines is 1. The second-order valence-electron chi connectivity index (χ2n) is 6.60. The standard InChI is InChI=1S/C19H29N3O3/c1-5-22(14(2)3)18(23)16-8-6-7-9-17(16)21-12-10-15(11-13-21)20-19(24)25-4/h6-9,14-15H,5,10-13H2,1-4H3,(H,20,24). The summed E-state index contributed by atoms with van der Waals surface area (Å²) >= 11 is 0. The summed E-state index contributed by atoms with van der Waals surface area (Å²) in [6, 6.07) is 8.08. The van der Waals surface area contributed by atoms with Crippen LogP contribution in [0.5, 0.6) is 0 Å². The van der Waals surface area contributed by atoms with Gasteiger partial charge < -0.3 is 19.9 Å². The van der Waals surface area contributed by atoms with Gasteiger partial charge in [0.1, 0.15) is 0 Å². The van der Waals surface area contributed by atoms with Crippen LogP contribution < -0.4 is 10.2 Å². The van der Waals surface area contributed by atoms with Crippen LogP contribution in [0.25, 0.3) is 0 Å². The molecule has 138 valence electrons. The molecule has 6 heteroatoms. The van der Waals surface area contributed by atoms with E-state index in [-0.39, 0.29) is 24.1 Å². The van der Waals surface area contributed by atoms with Crippen molar-refractivity contribution in [1.29, 1.82) is 0 Å². The number of ether oxygens (including phenoxy) is 1. The molecule has 1 aromatic rings. The zero-order valence-corrected chi connectivity index (χ0v) is 15.6. The number of rotatable bonds is 5. The molecule has 1 aliphatic rings. The Balaban J connectivity index is 2.11. The number of benzene rings is 1. The average molecular weight is 347 g/mol. The number of hydrogen-bond donors (Lipinski definition) is 1. The van der Waals surface area contributed by atoms with Crippen LogP contribution in [-0.4, -0.2) is 55.7 Å². The molecule has 2 rings (SSSR count). The highest BCUT2D eigenvalue weighted by Gasteiger charge is 2.26. The van der Waals surface area contributed by atoms with Gasteiger partial charge >= 0.3 is 6.09 Å². The summed E-state index contributed by atoms with van der Waals surface area (Å²) in [7, 11) is 1.38. The number of para-hydroxylation sites is 1. The third kappa shape index (κ3) is 4.65. The highest BCUT2D eigenvalue weighted by molar-refractivity contribution is 6.00. The van der Waals surface area contributed by atoms with Gasteiger partial charge in [0, 0.05) is 37.4 Å². The lowest BCUT2D eigenvalue weighted by Gasteiger charge is -2.35. The van der Waals surface area contributed by atoms with Crippen molar-refractivity contribution in [3.63, 3.8) is 0 Å². The molecular formula is C19H29N3O3. The largest absolute Gasteiger partial charge is 0.453 e. The third-order valence-corrected chi connectivity index (χ3v) is 4.70. The van der Waals surface area contributed by atoms with Crippen LogP contribution in [0.15, 0.2) is 24.3 Å². The van der Waals surface area contributed by atoms with Crippen molar-refractivity contribution in [3.8, 4) is 0 Å². The fourth-order valence-corrected chi connectivity index (χ4v) is 3.32. The molecule has 1 N–H and O–H groups in total. The maximum Gasteiger partial charge on any atom is 0.407 e. The van der Waals surface area contributed by atoms with E-state index in [0.717, 1.165) is 37.2 Å². The van der Waals surface area contributed by atoms with E-state index in [1.165, 1.54) is 7.11 Å². The predicted molar refractivity (Wildman–Crippen MR) is 99.1 cm³/mol. The van der Waals surface area contributed by atoms with Gasteiger partial charge in [0.15, 0.2) is 0 Å². The Hall–Kier alpha value is -2.24. The smallest absolute Gasteiger partial charge is 0.407 e. The van der Waals surface area contributed by atoms with E-state index in [1.807, 2.05) is 49.9 Å². The molecule has 0 saturated carbocycles. The number of amides is 2. The molecule has 2 amide bonds. The van der Waals surface area contributed by atoms with E-state index >= 15 is 0 Å². The number of hydrogen-bond acceptors (Lipinski definition) is 4. The van der Waals surface area contributed by atoms with Gasteiger partial charge in [-0.2, -0.15) is 0 Å². The lowest BCUT2D eigenvalue weighted by molar-refractivity contribution is 0.0717. The van der Waals surface area contributed by atoms with E-state index in [0.29, 0.717) is 6.54 Å². The lowest BCUT2D eigenvalue weighted by atomic mass is 10.0. The third-order valence-electron chi connectivity index (χ3n) is 4.70. The second kappa shape index (κ2) is 8.74. The van der Waals surface area contributed by atoms with E-state index in [9.17, 15) is 9.59 Å². The van der Waals surface area contributed by atoms with Crippen LogP contribution in [-0.2, 0) is 4.74 Å². The molecule has 25 heavy (non-hydrogen) atoms. The van der Waals surface area contributed by atoms with Gasteiger partial charge in [-0.25, -0.2) is 4.79 Å². The van der Waals surface area contributed by atoms with Crippen molar-refractivity contribution in [2.45, 2.75) is 45.7 Å².